The van der Waals surface area contributed by atoms with E-state index in [0.29, 0.717) is 17.8 Å². The molecule has 0 amide bonds. The number of aromatic nitrogens is 1. The molecule has 1 fully saturated rings. The Hall–Kier alpha value is -1.46. The van der Waals surface area contributed by atoms with Crippen molar-refractivity contribution < 1.29 is 14.6 Å². The summed E-state index contributed by atoms with van der Waals surface area (Å²) >= 11 is 0. The number of aliphatic hydroxyl groups excluding tert-OH is 1. The average molecular weight is 250 g/mol. The summed E-state index contributed by atoms with van der Waals surface area (Å²) in [5.41, 5.74) is 1.22. The van der Waals surface area contributed by atoms with Crippen LogP contribution in [0.5, 0.6) is 0 Å². The van der Waals surface area contributed by atoms with Crippen molar-refractivity contribution in [2.45, 2.75) is 19.4 Å². The molecule has 0 aromatic carbocycles. The number of esters is 1. The van der Waals surface area contributed by atoms with Crippen molar-refractivity contribution in [1.82, 2.24) is 10.3 Å². The maximum absolute atomic E-state index is 11.5. The fraction of sp³-hybridized carbons (Fsp3) is 0.538. The van der Waals surface area contributed by atoms with Gasteiger partial charge in [-0.3, -0.25) is 4.98 Å². The molecule has 0 atom stereocenters. The smallest absolute Gasteiger partial charge is 0.339 e. The highest BCUT2D eigenvalue weighted by Crippen LogP contribution is 2.44. The van der Waals surface area contributed by atoms with Crippen molar-refractivity contribution in [3.63, 3.8) is 0 Å². The van der Waals surface area contributed by atoms with Crippen LogP contribution in [0, 0.1) is 5.41 Å². The van der Waals surface area contributed by atoms with Crippen LogP contribution in [0.1, 0.15) is 28.9 Å². The largest absolute Gasteiger partial charge is 0.465 e. The molecule has 0 aliphatic heterocycles. The normalized spacial score (nSPS) is 16.3. The van der Waals surface area contributed by atoms with Crippen LogP contribution in [-0.2, 0) is 11.3 Å². The van der Waals surface area contributed by atoms with E-state index in [-0.39, 0.29) is 18.0 Å². The van der Waals surface area contributed by atoms with E-state index < -0.39 is 0 Å². The van der Waals surface area contributed by atoms with E-state index in [9.17, 15) is 9.90 Å². The van der Waals surface area contributed by atoms with E-state index in [0.717, 1.165) is 19.4 Å². The number of nitrogens with zero attached hydrogens (tertiary/aromatic N) is 1. The Morgan fingerprint density at radius 1 is 1.61 bits per heavy atom. The van der Waals surface area contributed by atoms with Crippen LogP contribution in [0.2, 0.25) is 0 Å². The molecule has 1 aliphatic carbocycles. The lowest BCUT2D eigenvalue weighted by Gasteiger charge is -2.13. The van der Waals surface area contributed by atoms with Crippen LogP contribution in [0.25, 0.3) is 0 Å². The molecule has 18 heavy (non-hydrogen) atoms. The molecule has 0 bridgehead atoms. The Labute approximate surface area is 106 Å². The predicted molar refractivity (Wildman–Crippen MR) is 66.0 cm³/mol. The molecule has 98 valence electrons. The molecule has 0 radical (unpaired) electrons. The second-order valence-electron chi connectivity index (χ2n) is 4.75. The van der Waals surface area contributed by atoms with Crippen LogP contribution in [0.15, 0.2) is 18.3 Å². The Balaban J connectivity index is 1.94. The third kappa shape index (κ3) is 2.86. The standard InChI is InChI=1S/C13H18N2O3/c1-18-12(17)10-3-2-6-15-11(10)7-14-8-13(9-16)4-5-13/h2-3,6,14,16H,4-5,7-9H2,1H3. The van der Waals surface area contributed by atoms with Crippen molar-refractivity contribution >= 4 is 5.97 Å². The average Bonchev–Trinajstić information content (AvgIpc) is 3.19. The highest BCUT2D eigenvalue weighted by molar-refractivity contribution is 5.90. The number of hydrogen-bond acceptors (Lipinski definition) is 5. The van der Waals surface area contributed by atoms with Gasteiger partial charge in [0, 0.05) is 31.3 Å². The van der Waals surface area contributed by atoms with Gasteiger partial charge in [0.2, 0.25) is 0 Å². The molecule has 5 heteroatoms. The summed E-state index contributed by atoms with van der Waals surface area (Å²) in [4.78, 5) is 15.7. The summed E-state index contributed by atoms with van der Waals surface area (Å²) in [7, 11) is 1.36. The fourth-order valence-electron chi connectivity index (χ4n) is 1.89. The van der Waals surface area contributed by atoms with E-state index in [1.165, 1.54) is 7.11 Å². The van der Waals surface area contributed by atoms with Gasteiger partial charge in [-0.15, -0.1) is 0 Å². The Morgan fingerprint density at radius 2 is 2.39 bits per heavy atom. The van der Waals surface area contributed by atoms with Crippen LogP contribution < -0.4 is 5.32 Å². The van der Waals surface area contributed by atoms with E-state index in [1.54, 1.807) is 18.3 Å². The van der Waals surface area contributed by atoms with Crippen LogP contribution in [0.4, 0.5) is 0 Å². The zero-order valence-electron chi connectivity index (χ0n) is 10.5. The molecule has 1 aromatic rings. The summed E-state index contributed by atoms with van der Waals surface area (Å²) in [6.07, 6.45) is 3.77. The topological polar surface area (TPSA) is 71.5 Å². The molecule has 1 aliphatic rings. The van der Waals surface area contributed by atoms with Gasteiger partial charge in [-0.2, -0.15) is 0 Å². The molecule has 2 N–H and O–H groups in total. The molecule has 1 aromatic heterocycles. The summed E-state index contributed by atoms with van der Waals surface area (Å²) in [6, 6.07) is 3.42. The minimum atomic E-state index is -0.372. The number of ether oxygens (including phenoxy) is 1. The second-order valence-corrected chi connectivity index (χ2v) is 4.75. The molecule has 2 rings (SSSR count). The molecule has 0 spiro atoms. The number of carbonyl (C=O) groups is 1. The predicted octanol–water partition coefficient (Wildman–Crippen LogP) is 0.730. The van der Waals surface area contributed by atoms with E-state index >= 15 is 0 Å². The highest BCUT2D eigenvalue weighted by atomic mass is 16.5. The lowest BCUT2D eigenvalue weighted by atomic mass is 10.1. The van der Waals surface area contributed by atoms with Crippen molar-refractivity contribution in [3.8, 4) is 0 Å². The van der Waals surface area contributed by atoms with Gasteiger partial charge >= 0.3 is 5.97 Å². The zero-order chi connectivity index (χ0) is 13.0. The first kappa shape index (κ1) is 13.0. The summed E-state index contributed by atoms with van der Waals surface area (Å²) in [5, 5.41) is 12.4. The first-order valence-corrected chi connectivity index (χ1v) is 6.04. The summed E-state index contributed by atoms with van der Waals surface area (Å²) in [6.45, 7) is 1.47. The monoisotopic (exact) mass is 250 g/mol. The Morgan fingerprint density at radius 3 is 3.00 bits per heavy atom. The number of aliphatic hydroxyl groups is 1. The van der Waals surface area contributed by atoms with Gasteiger partial charge in [0.05, 0.1) is 18.4 Å². The third-order valence-electron chi connectivity index (χ3n) is 3.38. The van der Waals surface area contributed by atoms with Gasteiger partial charge in [-0.25, -0.2) is 4.79 Å². The number of carbonyl (C=O) groups excluding carboxylic acids is 1. The maximum atomic E-state index is 11.5. The summed E-state index contributed by atoms with van der Waals surface area (Å²) in [5.74, 6) is -0.372. The van der Waals surface area contributed by atoms with Crippen molar-refractivity contribution in [2.24, 2.45) is 5.41 Å². The zero-order valence-corrected chi connectivity index (χ0v) is 10.5. The van der Waals surface area contributed by atoms with Crippen LogP contribution >= 0.6 is 0 Å². The minimum Gasteiger partial charge on any atom is -0.465 e. The fourth-order valence-corrected chi connectivity index (χ4v) is 1.89. The van der Waals surface area contributed by atoms with Gasteiger partial charge in [-0.05, 0) is 25.0 Å². The van der Waals surface area contributed by atoms with E-state index in [2.05, 4.69) is 10.3 Å². The van der Waals surface area contributed by atoms with Gasteiger partial charge < -0.3 is 15.2 Å². The Kier molecular flexibility index (Phi) is 3.93. The summed E-state index contributed by atoms with van der Waals surface area (Å²) < 4.78 is 4.71. The molecule has 0 saturated heterocycles. The Bertz CT molecular complexity index is 430. The number of nitrogens with one attached hydrogen (secondary N) is 1. The molecule has 1 saturated carbocycles. The second kappa shape index (κ2) is 5.46. The van der Waals surface area contributed by atoms with Crippen LogP contribution in [0.3, 0.4) is 0 Å². The third-order valence-corrected chi connectivity index (χ3v) is 3.38. The lowest BCUT2D eigenvalue weighted by molar-refractivity contribution is 0.0598. The molecular weight excluding hydrogens is 232 g/mol. The molecule has 0 unspecified atom stereocenters. The van der Waals surface area contributed by atoms with E-state index in [4.69, 9.17) is 4.74 Å². The number of hydrogen-bond donors (Lipinski definition) is 2. The maximum Gasteiger partial charge on any atom is 0.339 e. The van der Waals surface area contributed by atoms with Crippen molar-refractivity contribution in [2.75, 3.05) is 20.3 Å². The lowest BCUT2D eigenvalue weighted by Crippen LogP contribution is -2.27. The number of pyridine rings is 1. The van der Waals surface area contributed by atoms with E-state index in [1.807, 2.05) is 0 Å². The molecule has 1 heterocycles. The first-order chi connectivity index (χ1) is 8.71. The first-order valence-electron chi connectivity index (χ1n) is 6.04. The van der Waals surface area contributed by atoms with Gasteiger partial charge in [0.15, 0.2) is 0 Å². The van der Waals surface area contributed by atoms with Crippen LogP contribution in [-0.4, -0.2) is 36.3 Å². The molecular formula is C13H18N2O3. The van der Waals surface area contributed by atoms with Crippen molar-refractivity contribution in [3.05, 3.63) is 29.6 Å². The quantitative estimate of drug-likeness (QED) is 0.728. The van der Waals surface area contributed by atoms with Crippen molar-refractivity contribution in [1.29, 1.82) is 0 Å². The van der Waals surface area contributed by atoms with Gasteiger partial charge in [0.25, 0.3) is 0 Å². The number of rotatable bonds is 6. The molecule has 5 nitrogen and oxygen atoms in total. The minimum absolute atomic E-state index is 0.0558. The van der Waals surface area contributed by atoms with Gasteiger partial charge in [-0.1, -0.05) is 0 Å². The SMILES string of the molecule is COC(=O)c1cccnc1CNCC1(CO)CC1. The number of methoxy groups -OCH3 is 1. The highest BCUT2D eigenvalue weighted by Gasteiger charge is 2.41. The van der Waals surface area contributed by atoms with Gasteiger partial charge in [0.1, 0.15) is 0 Å².